The Kier molecular flexibility index (Phi) is 5.26. The highest BCUT2D eigenvalue weighted by molar-refractivity contribution is 8.26. The maximum absolute atomic E-state index is 13.0. The van der Waals surface area contributed by atoms with E-state index >= 15 is 0 Å². The van der Waals surface area contributed by atoms with Crippen LogP contribution in [0.5, 0.6) is 0 Å². The predicted octanol–water partition coefficient (Wildman–Crippen LogP) is 1.45. The molecule has 3 rings (SSSR count). The van der Waals surface area contributed by atoms with Gasteiger partial charge in [0, 0.05) is 5.41 Å². The minimum atomic E-state index is -3.28. The van der Waals surface area contributed by atoms with Crippen molar-refractivity contribution >= 4 is 56.0 Å². The minimum Gasteiger partial charge on any atom is -0.347 e. The number of carbonyl (C=O) groups is 2. The summed E-state index contributed by atoms with van der Waals surface area (Å²) in [5, 5.41) is 3.60. The number of carbonyl (C=O) groups excluding carboxylic acids is 2. The topological polar surface area (TPSA) is 83.6 Å². The van der Waals surface area contributed by atoms with E-state index in [0.29, 0.717) is 10.5 Å². The van der Waals surface area contributed by atoms with Crippen molar-refractivity contribution in [2.75, 3.05) is 12.3 Å². The lowest BCUT2D eigenvalue weighted by molar-refractivity contribution is -0.128. The maximum Gasteiger partial charge on any atom is 0.266 e. The lowest BCUT2D eigenvalue weighted by Crippen LogP contribution is -2.43. The summed E-state index contributed by atoms with van der Waals surface area (Å²) in [6, 6.07) is 5.01. The van der Waals surface area contributed by atoms with Crippen molar-refractivity contribution in [2.45, 2.75) is 6.04 Å². The van der Waals surface area contributed by atoms with Gasteiger partial charge in [0.25, 0.3) is 5.91 Å². The van der Waals surface area contributed by atoms with E-state index in [1.165, 1.54) is 30.3 Å². The second-order valence-corrected chi connectivity index (χ2v) is 9.26. The fourth-order valence-corrected chi connectivity index (χ4v) is 4.90. The van der Waals surface area contributed by atoms with Crippen molar-refractivity contribution in [3.8, 4) is 0 Å². The van der Waals surface area contributed by atoms with Gasteiger partial charge in [0.2, 0.25) is 5.91 Å². The fraction of sp³-hybridized carbons (Fsp3) is 0.188. The van der Waals surface area contributed by atoms with Crippen LogP contribution in [-0.2, 0) is 19.4 Å². The number of thioether (sulfide) groups is 1. The van der Waals surface area contributed by atoms with Gasteiger partial charge >= 0.3 is 0 Å². The molecular formula is C16H13FN2O4S3. The molecule has 0 aromatic heterocycles. The lowest BCUT2D eigenvalue weighted by atomic mass is 10.2. The van der Waals surface area contributed by atoms with Crippen LogP contribution < -0.4 is 5.32 Å². The van der Waals surface area contributed by atoms with Crippen molar-refractivity contribution < 1.29 is 22.4 Å². The Bertz CT molecular complexity index is 939. The molecule has 0 saturated carbocycles. The van der Waals surface area contributed by atoms with E-state index in [1.54, 1.807) is 6.08 Å². The summed E-state index contributed by atoms with van der Waals surface area (Å²) in [6.45, 7) is -0.296. The van der Waals surface area contributed by atoms with Crippen LogP contribution in [0.15, 0.2) is 40.7 Å². The van der Waals surface area contributed by atoms with Crippen LogP contribution in [0.2, 0.25) is 0 Å². The first-order chi connectivity index (χ1) is 12.2. The normalized spacial score (nSPS) is 23.0. The molecule has 1 saturated heterocycles. The Labute approximate surface area is 159 Å². The molecule has 2 aliphatic heterocycles. The molecule has 1 aromatic carbocycles. The number of hydrogen-bond donors (Lipinski definition) is 1. The molecule has 0 spiro atoms. The van der Waals surface area contributed by atoms with Crippen LogP contribution in [0, 0.1) is 5.82 Å². The van der Waals surface area contributed by atoms with Gasteiger partial charge in [-0.05, 0) is 29.8 Å². The van der Waals surface area contributed by atoms with E-state index in [0.717, 1.165) is 22.1 Å². The van der Waals surface area contributed by atoms with E-state index in [1.807, 2.05) is 0 Å². The third kappa shape index (κ3) is 4.37. The van der Waals surface area contributed by atoms with Gasteiger partial charge in [-0.3, -0.25) is 14.5 Å². The number of thiocarbonyl (C=S) groups is 1. The molecule has 1 atom stereocenters. The predicted molar refractivity (Wildman–Crippen MR) is 101 cm³/mol. The van der Waals surface area contributed by atoms with Crippen LogP contribution >= 0.6 is 24.0 Å². The quantitative estimate of drug-likeness (QED) is 0.595. The number of benzene rings is 1. The standard InChI is InChI=1S/C16H13FN2O4S3/c17-11-3-1-10(2-4-11)7-13-15(21)19(16(24)25-13)8-14(20)18-12-5-6-26(22,23)9-12/h1-7,12H,8-9H2,(H,18,20)/b13-7+/t12-/m1/s1. The molecular weight excluding hydrogens is 399 g/mol. The van der Waals surface area contributed by atoms with E-state index in [-0.39, 0.29) is 22.4 Å². The highest BCUT2D eigenvalue weighted by atomic mass is 32.2. The van der Waals surface area contributed by atoms with Crippen LogP contribution in [0.25, 0.3) is 6.08 Å². The van der Waals surface area contributed by atoms with Crippen molar-refractivity contribution in [3.63, 3.8) is 0 Å². The van der Waals surface area contributed by atoms with Crippen LogP contribution in [0.3, 0.4) is 0 Å². The maximum atomic E-state index is 13.0. The molecule has 2 aliphatic rings. The average Bonchev–Trinajstić information content (AvgIpc) is 3.03. The Hall–Kier alpha value is -2.04. The van der Waals surface area contributed by atoms with Gasteiger partial charge in [0.1, 0.15) is 16.7 Å². The summed E-state index contributed by atoms with van der Waals surface area (Å²) in [4.78, 5) is 26.0. The molecule has 0 radical (unpaired) electrons. The summed E-state index contributed by atoms with van der Waals surface area (Å²) in [5.74, 6) is -1.50. The Morgan fingerprint density at radius 2 is 2.08 bits per heavy atom. The molecule has 136 valence electrons. The summed E-state index contributed by atoms with van der Waals surface area (Å²) in [5.41, 5.74) is 0.637. The van der Waals surface area contributed by atoms with Gasteiger partial charge in [0.15, 0.2) is 9.84 Å². The van der Waals surface area contributed by atoms with E-state index in [2.05, 4.69) is 5.32 Å². The second kappa shape index (κ2) is 7.29. The third-order valence-corrected chi connectivity index (χ3v) is 6.39. The monoisotopic (exact) mass is 412 g/mol. The molecule has 0 bridgehead atoms. The molecule has 26 heavy (non-hydrogen) atoms. The Morgan fingerprint density at radius 1 is 1.38 bits per heavy atom. The number of nitrogens with zero attached hydrogens (tertiary/aromatic N) is 1. The molecule has 0 aliphatic carbocycles. The van der Waals surface area contributed by atoms with E-state index < -0.39 is 27.7 Å². The Balaban J connectivity index is 1.64. The van der Waals surface area contributed by atoms with Gasteiger partial charge in [-0.2, -0.15) is 0 Å². The first-order valence-corrected chi connectivity index (χ1v) is 10.4. The lowest BCUT2D eigenvalue weighted by Gasteiger charge is -2.16. The van der Waals surface area contributed by atoms with Crippen molar-refractivity contribution in [1.82, 2.24) is 10.2 Å². The second-order valence-electron chi connectivity index (χ2n) is 5.65. The zero-order valence-electron chi connectivity index (χ0n) is 13.2. The molecule has 2 heterocycles. The van der Waals surface area contributed by atoms with Crippen LogP contribution in [0.4, 0.5) is 4.39 Å². The number of halogens is 1. The molecule has 1 fully saturated rings. The number of nitrogens with one attached hydrogen (secondary N) is 1. The summed E-state index contributed by atoms with van der Waals surface area (Å²) < 4.78 is 35.9. The van der Waals surface area contributed by atoms with Crippen LogP contribution in [0.1, 0.15) is 5.56 Å². The van der Waals surface area contributed by atoms with E-state index in [4.69, 9.17) is 12.2 Å². The van der Waals surface area contributed by atoms with Crippen molar-refractivity contribution in [1.29, 1.82) is 0 Å². The van der Waals surface area contributed by atoms with Crippen molar-refractivity contribution in [3.05, 3.63) is 52.0 Å². The molecule has 1 N–H and O–H groups in total. The molecule has 10 heteroatoms. The highest BCUT2D eigenvalue weighted by Gasteiger charge is 2.34. The summed E-state index contributed by atoms with van der Waals surface area (Å²) in [7, 11) is -3.28. The highest BCUT2D eigenvalue weighted by Crippen LogP contribution is 2.32. The molecule has 0 unspecified atom stereocenters. The number of rotatable bonds is 4. The molecule has 2 amide bonds. The van der Waals surface area contributed by atoms with Gasteiger partial charge in [0.05, 0.1) is 16.7 Å². The molecule has 6 nitrogen and oxygen atoms in total. The summed E-state index contributed by atoms with van der Waals surface area (Å²) >= 11 is 6.20. The number of sulfone groups is 1. The number of amides is 2. The first kappa shape index (κ1) is 18.7. The fourth-order valence-electron chi connectivity index (χ4n) is 2.41. The third-order valence-electron chi connectivity index (χ3n) is 3.62. The van der Waals surface area contributed by atoms with E-state index in [9.17, 15) is 22.4 Å². The summed E-state index contributed by atoms with van der Waals surface area (Å²) in [6.07, 6.45) is 2.97. The van der Waals surface area contributed by atoms with Gasteiger partial charge in [-0.25, -0.2) is 12.8 Å². The average molecular weight is 412 g/mol. The van der Waals surface area contributed by atoms with Crippen LogP contribution in [-0.4, -0.2) is 47.8 Å². The zero-order chi connectivity index (χ0) is 18.9. The smallest absolute Gasteiger partial charge is 0.266 e. The zero-order valence-corrected chi connectivity index (χ0v) is 15.7. The molecule has 1 aromatic rings. The first-order valence-electron chi connectivity index (χ1n) is 7.45. The SMILES string of the molecule is O=C(CN1C(=O)/C(=C\c2ccc(F)cc2)SC1=S)N[C@@H]1C=CS(=O)(=O)C1. The van der Waals surface area contributed by atoms with Gasteiger partial charge in [-0.1, -0.05) is 36.1 Å². The largest absolute Gasteiger partial charge is 0.347 e. The van der Waals surface area contributed by atoms with Gasteiger partial charge < -0.3 is 5.32 Å². The Morgan fingerprint density at radius 3 is 2.69 bits per heavy atom. The van der Waals surface area contributed by atoms with Gasteiger partial charge in [-0.15, -0.1) is 0 Å². The number of hydrogen-bond acceptors (Lipinski definition) is 6. The minimum absolute atomic E-state index is 0.193. The van der Waals surface area contributed by atoms with Crippen molar-refractivity contribution in [2.24, 2.45) is 0 Å².